The molecule has 1 atom stereocenters. The first-order chi connectivity index (χ1) is 12.9. The summed E-state index contributed by atoms with van der Waals surface area (Å²) in [5, 5.41) is 10.3. The fraction of sp³-hybridized carbons (Fsp3) is 0.429. The predicted octanol–water partition coefficient (Wildman–Crippen LogP) is 4.29. The average Bonchev–Trinajstić information content (AvgIpc) is 2.64. The van der Waals surface area contributed by atoms with E-state index in [1.807, 2.05) is 13.8 Å². The molecule has 27 heavy (non-hydrogen) atoms. The average molecular weight is 390 g/mol. The summed E-state index contributed by atoms with van der Waals surface area (Å²) in [7, 11) is -1.03. The van der Waals surface area contributed by atoms with Crippen molar-refractivity contribution in [2.24, 2.45) is 5.92 Å². The van der Waals surface area contributed by atoms with Crippen molar-refractivity contribution < 1.29 is 18.8 Å². The number of Topliss-reactive ketones (excluding diaryl/α,β-unsaturated/α-hetero) is 1. The minimum atomic E-state index is -1.03. The summed E-state index contributed by atoms with van der Waals surface area (Å²) in [4.78, 5) is 16.9. The van der Waals surface area contributed by atoms with Crippen LogP contribution in [-0.2, 0) is 10.8 Å². The molecule has 0 spiro atoms. The molecule has 0 aliphatic rings. The number of phenols is 1. The summed E-state index contributed by atoms with van der Waals surface area (Å²) in [5.74, 6) is 1.32. The number of ether oxygens (including phenoxy) is 1. The quantitative estimate of drug-likeness (QED) is 0.484. The minimum absolute atomic E-state index is 0.00283. The van der Waals surface area contributed by atoms with Crippen LogP contribution in [0.25, 0.3) is 0 Å². The van der Waals surface area contributed by atoms with Crippen molar-refractivity contribution in [3.05, 3.63) is 47.8 Å². The normalized spacial score (nSPS) is 12.1. The molecule has 1 heterocycles. The Bertz CT molecular complexity index is 790. The smallest absolute Gasteiger partial charge is 0.166 e. The molecule has 0 aliphatic heterocycles. The SMILES string of the molecule is Cc1c(OCCCCS(=O)c2ccncc2)ccc(C(=O)CC(C)C)c1O. The Morgan fingerprint density at radius 3 is 2.56 bits per heavy atom. The molecule has 1 aromatic carbocycles. The van der Waals surface area contributed by atoms with E-state index in [0.717, 1.165) is 17.7 Å². The Morgan fingerprint density at radius 1 is 1.19 bits per heavy atom. The van der Waals surface area contributed by atoms with Gasteiger partial charge in [-0.3, -0.25) is 14.0 Å². The zero-order valence-corrected chi connectivity index (χ0v) is 16.9. The van der Waals surface area contributed by atoms with Crippen LogP contribution in [-0.4, -0.2) is 32.4 Å². The molecular formula is C21H27NO4S. The minimum Gasteiger partial charge on any atom is -0.507 e. The van der Waals surface area contributed by atoms with Gasteiger partial charge in [-0.15, -0.1) is 0 Å². The highest BCUT2D eigenvalue weighted by molar-refractivity contribution is 7.85. The first-order valence-corrected chi connectivity index (χ1v) is 10.5. The Hall–Kier alpha value is -2.21. The van der Waals surface area contributed by atoms with Gasteiger partial charge < -0.3 is 9.84 Å². The first kappa shape index (κ1) is 21.1. The van der Waals surface area contributed by atoms with Crippen molar-refractivity contribution >= 4 is 16.6 Å². The molecule has 1 aromatic heterocycles. The van der Waals surface area contributed by atoms with Crippen molar-refractivity contribution in [3.8, 4) is 11.5 Å². The summed E-state index contributed by atoms with van der Waals surface area (Å²) >= 11 is 0. The van der Waals surface area contributed by atoms with Crippen LogP contribution >= 0.6 is 0 Å². The lowest BCUT2D eigenvalue weighted by Gasteiger charge is -2.13. The summed E-state index contributed by atoms with van der Waals surface area (Å²) in [6.45, 7) is 6.16. The number of hydrogen-bond acceptors (Lipinski definition) is 5. The van der Waals surface area contributed by atoms with Gasteiger partial charge in [-0.2, -0.15) is 0 Å². The van der Waals surface area contributed by atoms with Crippen molar-refractivity contribution in [3.63, 3.8) is 0 Å². The van der Waals surface area contributed by atoms with E-state index in [9.17, 15) is 14.1 Å². The molecule has 2 aromatic rings. The van der Waals surface area contributed by atoms with E-state index < -0.39 is 10.8 Å². The molecule has 1 N–H and O–H groups in total. The van der Waals surface area contributed by atoms with Gasteiger partial charge in [0.25, 0.3) is 0 Å². The number of rotatable bonds is 10. The van der Waals surface area contributed by atoms with Crippen LogP contribution in [0.2, 0.25) is 0 Å². The number of carbonyl (C=O) groups excluding carboxylic acids is 1. The molecule has 0 bridgehead atoms. The van der Waals surface area contributed by atoms with Crippen LogP contribution in [0, 0.1) is 12.8 Å². The van der Waals surface area contributed by atoms with Crippen LogP contribution in [0.4, 0.5) is 0 Å². The summed E-state index contributed by atoms with van der Waals surface area (Å²) in [5.41, 5.74) is 0.922. The van der Waals surface area contributed by atoms with Gasteiger partial charge in [0.2, 0.25) is 0 Å². The number of phenolic OH excluding ortho intramolecular Hbond substituents is 1. The lowest BCUT2D eigenvalue weighted by atomic mass is 9.98. The number of unbranched alkanes of at least 4 members (excludes halogenated alkanes) is 1. The molecular weight excluding hydrogens is 362 g/mol. The summed E-state index contributed by atoms with van der Waals surface area (Å²) in [6, 6.07) is 6.89. The zero-order chi connectivity index (χ0) is 19.8. The van der Waals surface area contributed by atoms with Crippen molar-refractivity contribution in [1.82, 2.24) is 4.98 Å². The molecule has 5 nitrogen and oxygen atoms in total. The molecule has 0 saturated heterocycles. The third kappa shape index (κ3) is 6.17. The predicted molar refractivity (Wildman–Crippen MR) is 107 cm³/mol. The van der Waals surface area contributed by atoms with Crippen molar-refractivity contribution in [2.45, 2.75) is 44.9 Å². The number of aromatic nitrogens is 1. The maximum atomic E-state index is 12.2. The molecule has 0 amide bonds. The van der Waals surface area contributed by atoms with Crippen LogP contribution in [0.15, 0.2) is 41.6 Å². The van der Waals surface area contributed by atoms with E-state index >= 15 is 0 Å². The standard InChI is InChI=1S/C21H27NO4S/c1-15(2)14-19(23)18-6-7-20(16(3)21(18)24)26-12-4-5-13-27(25)17-8-10-22-11-9-17/h6-11,15,24H,4-5,12-14H2,1-3H3. The van der Waals surface area contributed by atoms with Gasteiger partial charge in [0.1, 0.15) is 11.5 Å². The number of carbonyl (C=O) groups is 1. The van der Waals surface area contributed by atoms with E-state index in [2.05, 4.69) is 4.98 Å². The van der Waals surface area contributed by atoms with E-state index in [0.29, 0.717) is 35.7 Å². The third-order valence-electron chi connectivity index (χ3n) is 4.17. The second-order valence-corrected chi connectivity index (χ2v) is 8.46. The zero-order valence-electron chi connectivity index (χ0n) is 16.1. The molecule has 0 saturated carbocycles. The maximum absolute atomic E-state index is 12.2. The fourth-order valence-electron chi connectivity index (χ4n) is 2.67. The molecule has 1 unspecified atom stereocenters. The molecule has 6 heteroatoms. The van der Waals surface area contributed by atoms with Gasteiger partial charge in [-0.05, 0) is 49.9 Å². The molecule has 0 fully saturated rings. The Morgan fingerprint density at radius 2 is 1.89 bits per heavy atom. The Kier molecular flexibility index (Phi) is 7.98. The monoisotopic (exact) mass is 389 g/mol. The topological polar surface area (TPSA) is 76.5 Å². The highest BCUT2D eigenvalue weighted by Crippen LogP contribution is 2.31. The highest BCUT2D eigenvalue weighted by Gasteiger charge is 2.17. The van der Waals surface area contributed by atoms with Gasteiger partial charge in [-0.1, -0.05) is 13.8 Å². The second-order valence-electron chi connectivity index (χ2n) is 6.89. The van der Waals surface area contributed by atoms with Crippen LogP contribution in [0.1, 0.15) is 49.0 Å². The molecule has 0 radical (unpaired) electrons. The number of ketones is 1. The lowest BCUT2D eigenvalue weighted by molar-refractivity contribution is 0.0965. The first-order valence-electron chi connectivity index (χ1n) is 9.17. The van der Waals surface area contributed by atoms with Gasteiger partial charge in [-0.25, -0.2) is 0 Å². The van der Waals surface area contributed by atoms with E-state index in [4.69, 9.17) is 4.74 Å². The van der Waals surface area contributed by atoms with E-state index in [1.165, 1.54) is 0 Å². The number of benzene rings is 1. The number of nitrogens with zero attached hydrogens (tertiary/aromatic N) is 1. The van der Waals surface area contributed by atoms with E-state index in [-0.39, 0.29) is 17.5 Å². The Labute approximate surface area is 163 Å². The lowest BCUT2D eigenvalue weighted by Crippen LogP contribution is -2.06. The second kappa shape index (κ2) is 10.2. The van der Waals surface area contributed by atoms with Gasteiger partial charge >= 0.3 is 0 Å². The van der Waals surface area contributed by atoms with Crippen LogP contribution in [0.3, 0.4) is 0 Å². The van der Waals surface area contributed by atoms with Crippen LogP contribution in [0.5, 0.6) is 11.5 Å². The third-order valence-corrected chi connectivity index (χ3v) is 5.63. The van der Waals surface area contributed by atoms with Gasteiger partial charge in [0, 0.05) is 35.0 Å². The highest BCUT2D eigenvalue weighted by atomic mass is 32.2. The Balaban J connectivity index is 1.83. The number of hydrogen-bond donors (Lipinski definition) is 1. The summed E-state index contributed by atoms with van der Waals surface area (Å²) < 4.78 is 17.9. The summed E-state index contributed by atoms with van der Waals surface area (Å²) in [6.07, 6.45) is 5.21. The molecule has 0 aliphatic carbocycles. The van der Waals surface area contributed by atoms with Crippen molar-refractivity contribution in [2.75, 3.05) is 12.4 Å². The maximum Gasteiger partial charge on any atom is 0.166 e. The molecule has 2 rings (SSSR count). The number of aromatic hydroxyl groups is 1. The largest absolute Gasteiger partial charge is 0.507 e. The van der Waals surface area contributed by atoms with E-state index in [1.54, 1.807) is 43.6 Å². The van der Waals surface area contributed by atoms with Crippen molar-refractivity contribution in [1.29, 1.82) is 0 Å². The fourth-order valence-corrected chi connectivity index (χ4v) is 3.80. The van der Waals surface area contributed by atoms with Gasteiger partial charge in [0.15, 0.2) is 5.78 Å². The van der Waals surface area contributed by atoms with Gasteiger partial charge in [0.05, 0.1) is 23.0 Å². The van der Waals surface area contributed by atoms with Crippen LogP contribution < -0.4 is 4.74 Å². The number of pyridine rings is 1. The molecule has 146 valence electrons.